The number of hydrogen-bond acceptors (Lipinski definition) is 3. The number of anilines is 2. The van der Waals surface area contributed by atoms with E-state index in [1.165, 1.54) is 12.8 Å². The summed E-state index contributed by atoms with van der Waals surface area (Å²) in [6.45, 7) is 6.74. The van der Waals surface area contributed by atoms with Gasteiger partial charge >= 0.3 is 0 Å². The van der Waals surface area contributed by atoms with Gasteiger partial charge in [-0.15, -0.1) is 0 Å². The molecule has 19 heavy (non-hydrogen) atoms. The molecule has 1 heterocycles. The van der Waals surface area contributed by atoms with Crippen molar-refractivity contribution in [2.45, 2.75) is 39.7 Å². The van der Waals surface area contributed by atoms with Crippen LogP contribution in [0.3, 0.4) is 0 Å². The Bertz CT molecular complexity index is 547. The van der Waals surface area contributed by atoms with Crippen LogP contribution in [0, 0.1) is 5.92 Å². The van der Waals surface area contributed by atoms with Gasteiger partial charge in [-0.25, -0.2) is 0 Å². The van der Waals surface area contributed by atoms with Gasteiger partial charge in [-0.3, -0.25) is 4.98 Å². The molecule has 1 aromatic carbocycles. The molecule has 0 spiro atoms. The minimum atomic E-state index is 0.446. The Labute approximate surface area is 115 Å². The van der Waals surface area contributed by atoms with Crippen molar-refractivity contribution >= 4 is 22.3 Å². The first-order valence-electron chi connectivity index (χ1n) is 7.07. The lowest BCUT2D eigenvalue weighted by Crippen LogP contribution is -2.25. The summed E-state index contributed by atoms with van der Waals surface area (Å²) < 4.78 is 0. The Morgan fingerprint density at radius 2 is 1.95 bits per heavy atom. The van der Waals surface area contributed by atoms with Crippen LogP contribution in [-0.2, 0) is 0 Å². The van der Waals surface area contributed by atoms with Crippen LogP contribution in [0.1, 0.15) is 33.6 Å². The first-order chi connectivity index (χ1) is 9.17. The molecule has 0 aliphatic rings. The van der Waals surface area contributed by atoms with Crippen LogP contribution >= 0.6 is 0 Å². The smallest absolute Gasteiger partial charge is 0.0951 e. The summed E-state index contributed by atoms with van der Waals surface area (Å²) in [7, 11) is 0. The van der Waals surface area contributed by atoms with Gasteiger partial charge in [0.2, 0.25) is 0 Å². The number of hydrogen-bond donors (Lipinski definition) is 2. The second-order valence-electron chi connectivity index (χ2n) is 5.11. The predicted molar refractivity (Wildman–Crippen MR) is 83.3 cm³/mol. The fourth-order valence-corrected chi connectivity index (χ4v) is 2.68. The normalized spacial score (nSPS) is 12.8. The fourth-order valence-electron chi connectivity index (χ4n) is 2.68. The summed E-state index contributed by atoms with van der Waals surface area (Å²) in [6.07, 6.45) is 4.17. The Morgan fingerprint density at radius 1 is 1.21 bits per heavy atom. The minimum absolute atomic E-state index is 0.446. The van der Waals surface area contributed by atoms with E-state index in [9.17, 15) is 0 Å². The molecule has 102 valence electrons. The third-order valence-electron chi connectivity index (χ3n) is 3.94. The zero-order chi connectivity index (χ0) is 13.8. The standard InChI is InChI=1S/C16H23N3/c1-4-12(5-2)11(3)19-15-9-8-14(17)16-13(15)7-6-10-18-16/h6-12,19H,4-5,17H2,1-3H3. The van der Waals surface area contributed by atoms with Gasteiger partial charge in [-0.1, -0.05) is 26.7 Å². The Hall–Kier alpha value is -1.77. The summed E-state index contributed by atoms with van der Waals surface area (Å²) in [5.41, 5.74) is 8.71. The number of nitrogen functional groups attached to an aromatic ring is 1. The van der Waals surface area contributed by atoms with Gasteiger partial charge < -0.3 is 11.1 Å². The molecule has 0 fully saturated rings. The van der Waals surface area contributed by atoms with Crippen LogP contribution in [-0.4, -0.2) is 11.0 Å². The van der Waals surface area contributed by atoms with Gasteiger partial charge in [0.15, 0.2) is 0 Å². The van der Waals surface area contributed by atoms with Gasteiger partial charge in [0.05, 0.1) is 11.2 Å². The predicted octanol–water partition coefficient (Wildman–Crippen LogP) is 4.05. The monoisotopic (exact) mass is 257 g/mol. The molecule has 1 atom stereocenters. The van der Waals surface area contributed by atoms with Crippen LogP contribution in [0.15, 0.2) is 30.5 Å². The number of nitrogens with zero attached hydrogens (tertiary/aromatic N) is 1. The molecule has 1 unspecified atom stereocenters. The summed E-state index contributed by atoms with van der Waals surface area (Å²) in [5, 5.41) is 4.72. The zero-order valence-electron chi connectivity index (χ0n) is 12.0. The average Bonchev–Trinajstić information content (AvgIpc) is 2.44. The van der Waals surface area contributed by atoms with E-state index in [1.807, 2.05) is 12.1 Å². The van der Waals surface area contributed by atoms with Crippen LogP contribution in [0.25, 0.3) is 10.9 Å². The lowest BCUT2D eigenvalue weighted by molar-refractivity contribution is 0.438. The van der Waals surface area contributed by atoms with Crippen LogP contribution < -0.4 is 11.1 Å². The molecule has 1 aromatic heterocycles. The van der Waals surface area contributed by atoms with E-state index in [0.29, 0.717) is 12.0 Å². The first kappa shape index (κ1) is 13.7. The van der Waals surface area contributed by atoms with Crippen molar-refractivity contribution < 1.29 is 0 Å². The molecule has 2 rings (SSSR count). The van der Waals surface area contributed by atoms with Crippen molar-refractivity contribution in [2.75, 3.05) is 11.1 Å². The molecule has 2 aromatic rings. The summed E-state index contributed by atoms with van der Waals surface area (Å²) in [5.74, 6) is 0.685. The van der Waals surface area contributed by atoms with Gasteiger partial charge in [0.1, 0.15) is 0 Å². The maximum absolute atomic E-state index is 5.98. The SMILES string of the molecule is CCC(CC)C(C)Nc1ccc(N)c2ncccc12. The summed E-state index contributed by atoms with van der Waals surface area (Å²) in [4.78, 5) is 4.37. The average molecular weight is 257 g/mol. The van der Waals surface area contributed by atoms with Crippen LogP contribution in [0.4, 0.5) is 11.4 Å². The molecule has 3 nitrogen and oxygen atoms in total. The molecule has 0 bridgehead atoms. The molecule has 0 saturated carbocycles. The van der Waals surface area contributed by atoms with E-state index in [-0.39, 0.29) is 0 Å². The van der Waals surface area contributed by atoms with Gasteiger partial charge in [-0.05, 0) is 37.1 Å². The van der Waals surface area contributed by atoms with E-state index >= 15 is 0 Å². The lowest BCUT2D eigenvalue weighted by atomic mass is 9.95. The van der Waals surface area contributed by atoms with Crippen molar-refractivity contribution in [3.05, 3.63) is 30.5 Å². The van der Waals surface area contributed by atoms with Gasteiger partial charge in [-0.2, -0.15) is 0 Å². The van der Waals surface area contributed by atoms with E-state index < -0.39 is 0 Å². The number of aromatic nitrogens is 1. The van der Waals surface area contributed by atoms with E-state index in [2.05, 4.69) is 43.2 Å². The number of nitrogens with two attached hydrogens (primary N) is 1. The van der Waals surface area contributed by atoms with Gasteiger partial charge in [0.25, 0.3) is 0 Å². The fraction of sp³-hybridized carbons (Fsp3) is 0.438. The second-order valence-corrected chi connectivity index (χ2v) is 5.11. The van der Waals surface area contributed by atoms with Crippen molar-refractivity contribution in [2.24, 2.45) is 5.92 Å². The van der Waals surface area contributed by atoms with Crippen molar-refractivity contribution in [1.82, 2.24) is 4.98 Å². The third kappa shape index (κ3) is 2.80. The van der Waals surface area contributed by atoms with Crippen LogP contribution in [0.5, 0.6) is 0 Å². The first-order valence-corrected chi connectivity index (χ1v) is 7.07. The number of nitrogens with one attached hydrogen (secondary N) is 1. The maximum Gasteiger partial charge on any atom is 0.0951 e. The highest BCUT2D eigenvalue weighted by atomic mass is 14.9. The topological polar surface area (TPSA) is 50.9 Å². The highest BCUT2D eigenvalue weighted by Crippen LogP contribution is 2.28. The number of pyridine rings is 1. The summed E-state index contributed by atoms with van der Waals surface area (Å²) >= 11 is 0. The largest absolute Gasteiger partial charge is 0.397 e. The van der Waals surface area contributed by atoms with Crippen molar-refractivity contribution in [3.8, 4) is 0 Å². The molecule has 3 N–H and O–H groups in total. The highest BCUT2D eigenvalue weighted by Gasteiger charge is 2.14. The highest BCUT2D eigenvalue weighted by molar-refractivity contribution is 5.98. The molecule has 0 saturated heterocycles. The quantitative estimate of drug-likeness (QED) is 0.794. The Kier molecular flexibility index (Phi) is 4.25. The number of benzene rings is 1. The van der Waals surface area contributed by atoms with Crippen molar-refractivity contribution in [3.63, 3.8) is 0 Å². The molecule has 0 amide bonds. The molecular weight excluding hydrogens is 234 g/mol. The van der Waals surface area contributed by atoms with E-state index in [1.54, 1.807) is 6.20 Å². The van der Waals surface area contributed by atoms with Crippen LogP contribution in [0.2, 0.25) is 0 Å². The molecule has 0 aliphatic heterocycles. The van der Waals surface area contributed by atoms with E-state index in [0.717, 1.165) is 22.3 Å². The zero-order valence-corrected chi connectivity index (χ0v) is 12.0. The number of fused-ring (bicyclic) bond motifs is 1. The van der Waals surface area contributed by atoms with E-state index in [4.69, 9.17) is 5.73 Å². The molecular formula is C16H23N3. The maximum atomic E-state index is 5.98. The minimum Gasteiger partial charge on any atom is -0.397 e. The Morgan fingerprint density at radius 3 is 2.63 bits per heavy atom. The van der Waals surface area contributed by atoms with Crippen molar-refractivity contribution in [1.29, 1.82) is 0 Å². The Balaban J connectivity index is 2.33. The summed E-state index contributed by atoms with van der Waals surface area (Å²) in [6, 6.07) is 8.45. The lowest BCUT2D eigenvalue weighted by Gasteiger charge is -2.24. The molecule has 0 aliphatic carbocycles. The van der Waals surface area contributed by atoms with Gasteiger partial charge in [0, 0.05) is 23.3 Å². The molecule has 3 heteroatoms. The third-order valence-corrected chi connectivity index (χ3v) is 3.94. The molecule has 0 radical (unpaired) electrons. The number of rotatable bonds is 5. The second kappa shape index (κ2) is 5.91.